The summed E-state index contributed by atoms with van der Waals surface area (Å²) in [4.78, 5) is 0. The van der Waals surface area contributed by atoms with Crippen molar-refractivity contribution < 1.29 is 5.11 Å². The highest BCUT2D eigenvalue weighted by atomic mass is 16.3. The topological polar surface area (TPSA) is 20.2 Å². The number of unbranched alkanes of at least 4 members (excludes halogenated alkanes) is 2. The smallest absolute Gasteiger partial charge is 0.115 e. The van der Waals surface area contributed by atoms with E-state index in [1.165, 1.54) is 68.1 Å². The van der Waals surface area contributed by atoms with Gasteiger partial charge in [-0.2, -0.15) is 0 Å². The molecule has 1 nitrogen and oxygen atoms in total. The molecule has 1 aliphatic carbocycles. The van der Waals surface area contributed by atoms with Crippen LogP contribution >= 0.6 is 0 Å². The molecule has 1 fully saturated rings. The maximum atomic E-state index is 9.54. The van der Waals surface area contributed by atoms with Crippen molar-refractivity contribution in [3.05, 3.63) is 54.1 Å². The van der Waals surface area contributed by atoms with Crippen LogP contribution < -0.4 is 0 Å². The standard InChI is InChI=1S/C23H30O/c1-2-3-4-7-18-10-12-19(13-11-18)22-8-5-6-9-23(22)20-14-16-21(24)17-15-20/h5-6,8-9,14-19,24H,2-4,7,10-13H2,1H3. The molecular formula is C23H30O. The molecule has 2 aromatic carbocycles. The molecule has 1 heteroatoms. The van der Waals surface area contributed by atoms with Crippen LogP contribution in [-0.2, 0) is 0 Å². The second-order valence-corrected chi connectivity index (χ2v) is 7.35. The average molecular weight is 322 g/mol. The Kier molecular flexibility index (Phi) is 5.96. The van der Waals surface area contributed by atoms with Gasteiger partial charge in [0, 0.05) is 0 Å². The molecule has 0 radical (unpaired) electrons. The molecule has 0 aromatic heterocycles. The van der Waals surface area contributed by atoms with Gasteiger partial charge in [0.2, 0.25) is 0 Å². The summed E-state index contributed by atoms with van der Waals surface area (Å²) in [6.45, 7) is 2.29. The first kappa shape index (κ1) is 17.1. The Morgan fingerprint density at radius 1 is 0.875 bits per heavy atom. The largest absolute Gasteiger partial charge is 0.508 e. The lowest BCUT2D eigenvalue weighted by Crippen LogP contribution is -2.14. The van der Waals surface area contributed by atoms with Crippen molar-refractivity contribution in [3.8, 4) is 16.9 Å². The van der Waals surface area contributed by atoms with Crippen molar-refractivity contribution >= 4 is 0 Å². The number of rotatable bonds is 6. The van der Waals surface area contributed by atoms with E-state index in [9.17, 15) is 5.11 Å². The zero-order valence-corrected chi connectivity index (χ0v) is 14.9. The first-order chi connectivity index (χ1) is 11.8. The zero-order valence-electron chi connectivity index (χ0n) is 14.9. The Balaban J connectivity index is 1.69. The van der Waals surface area contributed by atoms with Crippen LogP contribution in [0.1, 0.15) is 69.8 Å². The van der Waals surface area contributed by atoms with Crippen molar-refractivity contribution in [2.75, 3.05) is 0 Å². The molecule has 0 saturated heterocycles. The minimum absolute atomic E-state index is 0.337. The molecule has 24 heavy (non-hydrogen) atoms. The van der Waals surface area contributed by atoms with Crippen LogP contribution in [-0.4, -0.2) is 5.11 Å². The first-order valence-electron chi connectivity index (χ1n) is 9.66. The molecule has 0 amide bonds. The predicted molar refractivity (Wildman–Crippen MR) is 102 cm³/mol. The van der Waals surface area contributed by atoms with Crippen LogP contribution in [0.3, 0.4) is 0 Å². The van der Waals surface area contributed by atoms with Gasteiger partial charge in [0.1, 0.15) is 5.75 Å². The highest BCUT2D eigenvalue weighted by Crippen LogP contribution is 2.41. The van der Waals surface area contributed by atoms with Gasteiger partial charge in [0.05, 0.1) is 0 Å². The summed E-state index contributed by atoms with van der Waals surface area (Å²) in [6.07, 6.45) is 11.0. The van der Waals surface area contributed by atoms with Crippen molar-refractivity contribution in [2.45, 2.75) is 64.2 Å². The van der Waals surface area contributed by atoms with Crippen LogP contribution in [0, 0.1) is 5.92 Å². The second kappa shape index (κ2) is 8.37. The minimum atomic E-state index is 0.337. The van der Waals surface area contributed by atoms with Gasteiger partial charge < -0.3 is 5.11 Å². The SMILES string of the molecule is CCCCCC1CCC(c2ccccc2-c2ccc(O)cc2)CC1. The van der Waals surface area contributed by atoms with Crippen LogP contribution in [0.5, 0.6) is 5.75 Å². The summed E-state index contributed by atoms with van der Waals surface area (Å²) in [6, 6.07) is 16.5. The summed E-state index contributed by atoms with van der Waals surface area (Å²) in [7, 11) is 0. The second-order valence-electron chi connectivity index (χ2n) is 7.35. The van der Waals surface area contributed by atoms with E-state index in [0.717, 1.165) is 5.92 Å². The number of aromatic hydroxyl groups is 1. The molecule has 128 valence electrons. The Hall–Kier alpha value is -1.76. The molecule has 0 atom stereocenters. The van der Waals surface area contributed by atoms with Gasteiger partial charge in [-0.1, -0.05) is 69.0 Å². The van der Waals surface area contributed by atoms with Gasteiger partial charge in [0.25, 0.3) is 0 Å². The lowest BCUT2D eigenvalue weighted by molar-refractivity contribution is 0.303. The van der Waals surface area contributed by atoms with Crippen molar-refractivity contribution in [3.63, 3.8) is 0 Å². The van der Waals surface area contributed by atoms with Crippen molar-refractivity contribution in [1.29, 1.82) is 0 Å². The molecule has 0 spiro atoms. The molecule has 3 rings (SSSR count). The monoisotopic (exact) mass is 322 g/mol. The number of phenolic OH excluding ortho intramolecular Hbond substituents is 1. The fourth-order valence-corrected chi connectivity index (χ4v) is 4.20. The molecule has 1 aliphatic rings. The third-order valence-corrected chi connectivity index (χ3v) is 5.64. The zero-order chi connectivity index (χ0) is 16.8. The number of hydrogen-bond acceptors (Lipinski definition) is 1. The maximum absolute atomic E-state index is 9.54. The highest BCUT2D eigenvalue weighted by Gasteiger charge is 2.23. The summed E-state index contributed by atoms with van der Waals surface area (Å²) >= 11 is 0. The van der Waals surface area contributed by atoms with E-state index in [1.54, 1.807) is 12.1 Å². The molecule has 0 aliphatic heterocycles. The van der Waals surface area contributed by atoms with Gasteiger partial charge in [0.15, 0.2) is 0 Å². The normalized spacial score (nSPS) is 20.9. The third kappa shape index (κ3) is 4.20. The van der Waals surface area contributed by atoms with Crippen LogP contribution in [0.25, 0.3) is 11.1 Å². The van der Waals surface area contributed by atoms with Crippen LogP contribution in [0.4, 0.5) is 0 Å². The predicted octanol–water partition coefficient (Wildman–Crippen LogP) is 6.91. The van der Waals surface area contributed by atoms with Crippen LogP contribution in [0.2, 0.25) is 0 Å². The Labute approximate surface area is 146 Å². The molecule has 1 saturated carbocycles. The quantitative estimate of drug-likeness (QED) is 0.573. The van der Waals surface area contributed by atoms with Gasteiger partial charge in [-0.05, 0) is 66.3 Å². The van der Waals surface area contributed by atoms with E-state index < -0.39 is 0 Å². The minimum Gasteiger partial charge on any atom is -0.508 e. The molecule has 0 bridgehead atoms. The first-order valence-corrected chi connectivity index (χ1v) is 9.66. The Morgan fingerprint density at radius 2 is 1.58 bits per heavy atom. The summed E-state index contributed by atoms with van der Waals surface area (Å²) in [5.41, 5.74) is 4.05. The van der Waals surface area contributed by atoms with Gasteiger partial charge >= 0.3 is 0 Å². The lowest BCUT2D eigenvalue weighted by atomic mass is 9.75. The summed E-state index contributed by atoms with van der Waals surface area (Å²) in [5, 5.41) is 9.54. The number of benzene rings is 2. The summed E-state index contributed by atoms with van der Waals surface area (Å²) < 4.78 is 0. The Bertz CT molecular complexity index is 621. The molecule has 2 aromatic rings. The van der Waals surface area contributed by atoms with E-state index in [0.29, 0.717) is 11.7 Å². The van der Waals surface area contributed by atoms with E-state index in [1.807, 2.05) is 12.1 Å². The third-order valence-electron chi connectivity index (χ3n) is 5.64. The van der Waals surface area contributed by atoms with Gasteiger partial charge in [-0.3, -0.25) is 0 Å². The van der Waals surface area contributed by atoms with Crippen molar-refractivity contribution in [2.24, 2.45) is 5.92 Å². The van der Waals surface area contributed by atoms with Gasteiger partial charge in [-0.25, -0.2) is 0 Å². The fourth-order valence-electron chi connectivity index (χ4n) is 4.20. The lowest BCUT2D eigenvalue weighted by Gasteiger charge is -2.30. The summed E-state index contributed by atoms with van der Waals surface area (Å²) in [5.74, 6) is 1.98. The average Bonchev–Trinajstić information content (AvgIpc) is 2.63. The molecule has 0 heterocycles. The van der Waals surface area contributed by atoms with E-state index >= 15 is 0 Å². The molecule has 0 unspecified atom stereocenters. The van der Waals surface area contributed by atoms with Gasteiger partial charge in [-0.15, -0.1) is 0 Å². The van der Waals surface area contributed by atoms with Crippen molar-refractivity contribution in [1.82, 2.24) is 0 Å². The highest BCUT2D eigenvalue weighted by molar-refractivity contribution is 5.68. The molecule has 1 N–H and O–H groups in total. The van der Waals surface area contributed by atoms with Crippen LogP contribution in [0.15, 0.2) is 48.5 Å². The van der Waals surface area contributed by atoms with E-state index in [-0.39, 0.29) is 0 Å². The maximum Gasteiger partial charge on any atom is 0.115 e. The van der Waals surface area contributed by atoms with E-state index in [4.69, 9.17) is 0 Å². The van der Waals surface area contributed by atoms with E-state index in [2.05, 4.69) is 31.2 Å². The molecular weight excluding hydrogens is 292 g/mol. The Morgan fingerprint density at radius 3 is 2.29 bits per heavy atom. The fraction of sp³-hybridized carbons (Fsp3) is 0.478. The number of hydrogen-bond donors (Lipinski definition) is 1. The number of phenols is 1.